The number of rotatable bonds is 3. The highest BCUT2D eigenvalue weighted by Crippen LogP contribution is 2.43. The van der Waals surface area contributed by atoms with Gasteiger partial charge in [-0.25, -0.2) is 19.2 Å². The summed E-state index contributed by atoms with van der Waals surface area (Å²) < 4.78 is 5.46. The minimum Gasteiger partial charge on any atom is -0.250 e. The first-order valence-electron chi connectivity index (χ1n) is 11.6. The minimum atomic E-state index is 0.316. The number of nitrogens with zero attached hydrogens (tertiary/aromatic N) is 8. The van der Waals surface area contributed by atoms with Gasteiger partial charge in [0.05, 0.1) is 21.8 Å². The van der Waals surface area contributed by atoms with Crippen molar-refractivity contribution in [2.75, 3.05) is 0 Å². The first-order chi connectivity index (χ1) is 16.2. The molecule has 0 saturated heterocycles. The normalized spacial score (nSPS) is 16.6. The Kier molecular flexibility index (Phi) is 4.87. The highest BCUT2D eigenvalue weighted by atomic mass is 35.5. The lowest BCUT2D eigenvalue weighted by Crippen LogP contribution is -2.26. The number of aromatic nitrogens is 8. The molecule has 0 bridgehead atoms. The molecule has 5 aromatic rings. The molecule has 34 heavy (non-hydrogen) atoms. The predicted octanol–water partition coefficient (Wildman–Crippen LogP) is 5.33. The average Bonchev–Trinajstić information content (AvgIpc) is 3.54. The van der Waals surface area contributed by atoms with Crippen LogP contribution in [-0.2, 0) is 19.5 Å². The number of thiophene rings is 1. The smallest absolute Gasteiger partial charge is 0.202 e. The summed E-state index contributed by atoms with van der Waals surface area (Å²) in [5.41, 5.74) is 5.05. The van der Waals surface area contributed by atoms with E-state index in [0.29, 0.717) is 28.8 Å². The molecule has 0 aliphatic heterocycles. The Bertz CT molecular complexity index is 1550. The van der Waals surface area contributed by atoms with E-state index in [1.54, 1.807) is 10.8 Å². The minimum absolute atomic E-state index is 0.316. The van der Waals surface area contributed by atoms with Crippen LogP contribution in [0.25, 0.3) is 27.4 Å². The summed E-state index contributed by atoms with van der Waals surface area (Å²) in [6, 6.07) is 1.93. The van der Waals surface area contributed by atoms with E-state index in [1.165, 1.54) is 16.9 Å². The van der Waals surface area contributed by atoms with E-state index in [4.69, 9.17) is 31.8 Å². The maximum Gasteiger partial charge on any atom is 0.202 e. The van der Waals surface area contributed by atoms with Crippen molar-refractivity contribution in [3.63, 3.8) is 0 Å². The fraction of sp³-hybridized carbons (Fsp3) is 0.458. The Hall–Kier alpha value is -2.78. The van der Waals surface area contributed by atoms with Crippen LogP contribution in [-0.4, -0.2) is 39.1 Å². The Morgan fingerprint density at radius 2 is 2.00 bits per heavy atom. The van der Waals surface area contributed by atoms with Crippen LogP contribution in [0.4, 0.5) is 0 Å². The molecule has 0 saturated carbocycles. The molecule has 8 nitrogen and oxygen atoms in total. The molecule has 5 heterocycles. The van der Waals surface area contributed by atoms with Crippen molar-refractivity contribution >= 4 is 38.8 Å². The Morgan fingerprint density at radius 3 is 2.74 bits per heavy atom. The average molecular weight is 495 g/mol. The fourth-order valence-electron chi connectivity index (χ4n) is 4.93. The number of fused-ring (bicyclic) bond motifs is 5. The molecule has 176 valence electrons. The Labute approximate surface area is 206 Å². The van der Waals surface area contributed by atoms with Crippen LogP contribution in [0.2, 0.25) is 5.02 Å². The maximum atomic E-state index is 6.29. The summed E-state index contributed by atoms with van der Waals surface area (Å²) >= 11 is 8.11. The topological polar surface area (TPSA) is 78.7 Å². The van der Waals surface area contributed by atoms with Crippen molar-refractivity contribution in [3.05, 3.63) is 45.4 Å². The van der Waals surface area contributed by atoms with E-state index in [9.17, 15) is 0 Å². The van der Waals surface area contributed by atoms with Gasteiger partial charge in [0.15, 0.2) is 5.65 Å². The van der Waals surface area contributed by atoms with Gasteiger partial charge in [-0.1, -0.05) is 32.4 Å². The number of aryl methyl sites for hydroxylation is 2. The van der Waals surface area contributed by atoms with Gasteiger partial charge in [0.25, 0.3) is 0 Å². The van der Waals surface area contributed by atoms with E-state index in [-0.39, 0.29) is 0 Å². The third-order valence-electron chi connectivity index (χ3n) is 7.05. The van der Waals surface area contributed by atoms with E-state index >= 15 is 0 Å². The van der Waals surface area contributed by atoms with Gasteiger partial charge in [-0.15, -0.1) is 16.4 Å². The second kappa shape index (κ2) is 7.61. The predicted molar refractivity (Wildman–Crippen MR) is 134 cm³/mol. The number of halogens is 1. The standard InChI is InChI=1S/C24H27ClN8S/c1-13-20(25)14(2)33(28-13)12-31-9-8-17(29-31)21-27-22-19-16-7-6-15(24(3,4)5)10-18(16)34-23(19)26-11-32(22)30-21/h8-9,11,15H,6-7,10,12H2,1-5H3. The summed E-state index contributed by atoms with van der Waals surface area (Å²) in [4.78, 5) is 12.1. The molecule has 1 aliphatic carbocycles. The van der Waals surface area contributed by atoms with Crippen molar-refractivity contribution in [3.8, 4) is 11.5 Å². The molecular formula is C24H27ClN8S. The molecule has 6 rings (SSSR count). The molecule has 10 heteroatoms. The zero-order valence-corrected chi connectivity index (χ0v) is 21.6. The summed E-state index contributed by atoms with van der Waals surface area (Å²) in [6.07, 6.45) is 7.07. The van der Waals surface area contributed by atoms with Crippen molar-refractivity contribution < 1.29 is 0 Å². The molecule has 1 aliphatic rings. The molecule has 1 atom stereocenters. The van der Waals surface area contributed by atoms with Crippen molar-refractivity contribution in [1.82, 2.24) is 39.1 Å². The monoisotopic (exact) mass is 494 g/mol. The van der Waals surface area contributed by atoms with Crippen molar-refractivity contribution in [1.29, 1.82) is 0 Å². The van der Waals surface area contributed by atoms with Gasteiger partial charge in [0.2, 0.25) is 5.82 Å². The van der Waals surface area contributed by atoms with Gasteiger partial charge in [-0.05, 0) is 56.1 Å². The third kappa shape index (κ3) is 3.44. The van der Waals surface area contributed by atoms with Crippen LogP contribution in [0, 0.1) is 25.2 Å². The zero-order chi connectivity index (χ0) is 23.8. The first-order valence-corrected chi connectivity index (χ1v) is 12.8. The first kappa shape index (κ1) is 21.7. The summed E-state index contributed by atoms with van der Waals surface area (Å²) in [5.74, 6) is 1.29. The van der Waals surface area contributed by atoms with Crippen LogP contribution in [0.5, 0.6) is 0 Å². The van der Waals surface area contributed by atoms with Crippen molar-refractivity contribution in [2.45, 2.75) is 60.5 Å². The van der Waals surface area contributed by atoms with Crippen LogP contribution in [0.3, 0.4) is 0 Å². The van der Waals surface area contributed by atoms with Crippen LogP contribution in [0.1, 0.15) is 49.0 Å². The molecular weight excluding hydrogens is 468 g/mol. The molecule has 5 aromatic heterocycles. The largest absolute Gasteiger partial charge is 0.250 e. The molecule has 0 aromatic carbocycles. The van der Waals surface area contributed by atoms with Crippen LogP contribution in [0.15, 0.2) is 18.6 Å². The Morgan fingerprint density at radius 1 is 1.18 bits per heavy atom. The lowest BCUT2D eigenvalue weighted by Gasteiger charge is -2.33. The van der Waals surface area contributed by atoms with E-state index in [0.717, 1.165) is 45.8 Å². The number of hydrogen-bond donors (Lipinski definition) is 0. The molecule has 0 radical (unpaired) electrons. The SMILES string of the molecule is Cc1nn(Cn2ccc(-c3nc4c5c6c(sc5ncn4n3)CC(C(C)(C)C)CC6)n2)c(C)c1Cl. The van der Waals surface area contributed by atoms with Gasteiger partial charge in [-0.2, -0.15) is 10.2 Å². The van der Waals surface area contributed by atoms with Gasteiger partial charge < -0.3 is 0 Å². The molecule has 0 spiro atoms. The maximum absolute atomic E-state index is 6.29. The highest BCUT2D eigenvalue weighted by molar-refractivity contribution is 7.19. The molecule has 0 fully saturated rings. The van der Waals surface area contributed by atoms with E-state index in [1.807, 2.05) is 46.8 Å². The molecule has 0 amide bonds. The molecule has 1 unspecified atom stereocenters. The van der Waals surface area contributed by atoms with E-state index in [2.05, 4.69) is 25.9 Å². The molecule has 0 N–H and O–H groups in total. The second-order valence-corrected chi connectivity index (χ2v) is 11.8. The van der Waals surface area contributed by atoms with Crippen molar-refractivity contribution in [2.24, 2.45) is 11.3 Å². The van der Waals surface area contributed by atoms with Gasteiger partial charge in [-0.3, -0.25) is 4.68 Å². The highest BCUT2D eigenvalue weighted by Gasteiger charge is 2.32. The quantitative estimate of drug-likeness (QED) is 0.339. The van der Waals surface area contributed by atoms with E-state index < -0.39 is 0 Å². The summed E-state index contributed by atoms with van der Waals surface area (Å²) in [6.45, 7) is 11.4. The summed E-state index contributed by atoms with van der Waals surface area (Å²) in [5, 5.41) is 15.7. The zero-order valence-electron chi connectivity index (χ0n) is 20.0. The Balaban J connectivity index is 1.36. The van der Waals surface area contributed by atoms with Crippen LogP contribution >= 0.6 is 22.9 Å². The number of hydrogen-bond acceptors (Lipinski definition) is 6. The summed E-state index contributed by atoms with van der Waals surface area (Å²) in [7, 11) is 0. The van der Waals surface area contributed by atoms with Gasteiger partial charge in [0.1, 0.15) is 23.5 Å². The van der Waals surface area contributed by atoms with Gasteiger partial charge in [0, 0.05) is 11.1 Å². The second-order valence-electron chi connectivity index (χ2n) is 10.3. The third-order valence-corrected chi connectivity index (χ3v) is 8.76. The fourth-order valence-corrected chi connectivity index (χ4v) is 6.33. The van der Waals surface area contributed by atoms with Crippen LogP contribution < -0.4 is 0 Å². The lowest BCUT2D eigenvalue weighted by molar-refractivity contribution is 0.218. The van der Waals surface area contributed by atoms with Gasteiger partial charge >= 0.3 is 0 Å². The lowest BCUT2D eigenvalue weighted by atomic mass is 9.72.